The Hall–Kier alpha value is -1.40. The van der Waals surface area contributed by atoms with Gasteiger partial charge in [0.05, 0.1) is 19.1 Å². The summed E-state index contributed by atoms with van der Waals surface area (Å²) in [5, 5.41) is 4.30. The van der Waals surface area contributed by atoms with Gasteiger partial charge >= 0.3 is 5.97 Å². The number of carbonyl (C=O) groups is 2. The van der Waals surface area contributed by atoms with Gasteiger partial charge in [-0.25, -0.2) is 0 Å². The van der Waals surface area contributed by atoms with E-state index in [1.165, 1.54) is 5.56 Å². The van der Waals surface area contributed by atoms with Crippen LogP contribution in [-0.2, 0) is 14.3 Å². The summed E-state index contributed by atoms with van der Waals surface area (Å²) < 4.78 is 5.09. The normalized spacial score (nSPS) is 22.7. The fourth-order valence-electron chi connectivity index (χ4n) is 3.76. The largest absolute Gasteiger partial charge is 0.466 e. The van der Waals surface area contributed by atoms with Crippen LogP contribution < -0.4 is 0 Å². The number of piperidine rings is 1. The van der Waals surface area contributed by atoms with E-state index in [0.717, 1.165) is 32.2 Å². The van der Waals surface area contributed by atoms with Crippen molar-refractivity contribution in [1.29, 1.82) is 0 Å². The molecule has 2 saturated heterocycles. The fraction of sp³-hybridized carbons (Fsp3) is 0.667. The number of hydrogen-bond acceptors (Lipinski definition) is 5. The Kier molecular flexibility index (Phi) is 5.89. The molecule has 0 N–H and O–H groups in total. The van der Waals surface area contributed by atoms with Gasteiger partial charge in [0.2, 0.25) is 5.91 Å². The Morgan fingerprint density at radius 3 is 2.71 bits per heavy atom. The number of likely N-dealkylation sites (tertiary alicyclic amines) is 2. The zero-order chi connectivity index (χ0) is 16.9. The maximum absolute atomic E-state index is 12.6. The van der Waals surface area contributed by atoms with Crippen molar-refractivity contribution in [2.75, 3.05) is 32.8 Å². The molecule has 0 spiro atoms. The second-order valence-corrected chi connectivity index (χ2v) is 7.37. The van der Waals surface area contributed by atoms with E-state index in [0.29, 0.717) is 32.3 Å². The van der Waals surface area contributed by atoms with Gasteiger partial charge in [0.1, 0.15) is 0 Å². The van der Waals surface area contributed by atoms with Crippen molar-refractivity contribution >= 4 is 23.2 Å². The number of nitrogens with zero attached hydrogens (tertiary/aromatic N) is 2. The molecule has 1 aromatic rings. The molecular formula is C18H26N2O3S. The lowest BCUT2D eigenvalue weighted by Gasteiger charge is -2.33. The van der Waals surface area contributed by atoms with Gasteiger partial charge in [0.15, 0.2) is 0 Å². The predicted molar refractivity (Wildman–Crippen MR) is 93.8 cm³/mol. The molecule has 2 fully saturated rings. The van der Waals surface area contributed by atoms with Gasteiger partial charge in [-0.3, -0.25) is 14.5 Å². The zero-order valence-corrected chi connectivity index (χ0v) is 15.1. The molecule has 0 saturated carbocycles. The number of thiophene rings is 1. The number of hydrogen-bond donors (Lipinski definition) is 0. The third-order valence-corrected chi connectivity index (χ3v) is 5.80. The standard InChI is InChI=1S/C18H26N2O3S/c1-2-23-18(22)14-5-9-19(10-6-14)17(21)12-20-8-3-4-16(20)15-7-11-24-13-15/h7,11,13-14,16H,2-6,8-10,12H2,1H3/t16-/m1/s1. The van der Waals surface area contributed by atoms with Crippen molar-refractivity contribution in [3.8, 4) is 0 Å². The van der Waals surface area contributed by atoms with E-state index in [2.05, 4.69) is 21.7 Å². The summed E-state index contributed by atoms with van der Waals surface area (Å²) in [6.07, 6.45) is 3.73. The average molecular weight is 350 g/mol. The number of carbonyl (C=O) groups excluding carboxylic acids is 2. The van der Waals surface area contributed by atoms with E-state index in [1.54, 1.807) is 11.3 Å². The van der Waals surface area contributed by atoms with Gasteiger partial charge in [-0.05, 0) is 61.5 Å². The van der Waals surface area contributed by atoms with Crippen LogP contribution in [0.2, 0.25) is 0 Å². The summed E-state index contributed by atoms with van der Waals surface area (Å²) in [7, 11) is 0. The minimum atomic E-state index is -0.110. The molecule has 0 radical (unpaired) electrons. The summed E-state index contributed by atoms with van der Waals surface area (Å²) in [4.78, 5) is 28.7. The van der Waals surface area contributed by atoms with Crippen molar-refractivity contribution in [2.45, 2.75) is 38.6 Å². The summed E-state index contributed by atoms with van der Waals surface area (Å²) in [6.45, 7) is 5.07. The Morgan fingerprint density at radius 1 is 1.25 bits per heavy atom. The first kappa shape index (κ1) is 17.4. The van der Waals surface area contributed by atoms with Crippen LogP contribution in [0.25, 0.3) is 0 Å². The molecule has 132 valence electrons. The topological polar surface area (TPSA) is 49.9 Å². The lowest BCUT2D eigenvalue weighted by Crippen LogP contribution is -2.45. The summed E-state index contributed by atoms with van der Waals surface area (Å²) in [5.74, 6) is 0.0421. The number of amides is 1. The van der Waals surface area contributed by atoms with Crippen LogP contribution in [0.4, 0.5) is 0 Å². The Labute approximate surface area is 147 Å². The number of rotatable bonds is 5. The van der Waals surface area contributed by atoms with E-state index in [9.17, 15) is 9.59 Å². The molecule has 5 nitrogen and oxygen atoms in total. The molecule has 1 atom stereocenters. The lowest BCUT2D eigenvalue weighted by molar-refractivity contribution is -0.151. The van der Waals surface area contributed by atoms with Crippen LogP contribution in [0.15, 0.2) is 16.8 Å². The van der Waals surface area contributed by atoms with Crippen molar-refractivity contribution in [3.05, 3.63) is 22.4 Å². The monoisotopic (exact) mass is 350 g/mol. The van der Waals surface area contributed by atoms with E-state index in [1.807, 2.05) is 11.8 Å². The van der Waals surface area contributed by atoms with Gasteiger partial charge < -0.3 is 9.64 Å². The number of ether oxygens (including phenoxy) is 1. The van der Waals surface area contributed by atoms with Gasteiger partial charge in [-0.15, -0.1) is 0 Å². The van der Waals surface area contributed by atoms with Crippen molar-refractivity contribution in [3.63, 3.8) is 0 Å². The Morgan fingerprint density at radius 2 is 2.04 bits per heavy atom. The van der Waals surface area contributed by atoms with Crippen LogP contribution >= 0.6 is 11.3 Å². The zero-order valence-electron chi connectivity index (χ0n) is 14.3. The van der Waals surface area contributed by atoms with Crippen LogP contribution in [0.3, 0.4) is 0 Å². The van der Waals surface area contributed by atoms with Crippen LogP contribution in [0, 0.1) is 5.92 Å². The predicted octanol–water partition coefficient (Wildman–Crippen LogP) is 2.69. The lowest BCUT2D eigenvalue weighted by atomic mass is 9.97. The molecule has 3 rings (SSSR count). The molecule has 24 heavy (non-hydrogen) atoms. The second kappa shape index (κ2) is 8.12. The van der Waals surface area contributed by atoms with Crippen molar-refractivity contribution < 1.29 is 14.3 Å². The first-order chi connectivity index (χ1) is 11.7. The quantitative estimate of drug-likeness (QED) is 0.766. The molecule has 6 heteroatoms. The van der Waals surface area contributed by atoms with Gasteiger partial charge in [-0.1, -0.05) is 0 Å². The highest BCUT2D eigenvalue weighted by atomic mass is 32.1. The van der Waals surface area contributed by atoms with E-state index >= 15 is 0 Å². The molecule has 0 aliphatic carbocycles. The maximum atomic E-state index is 12.6. The van der Waals surface area contributed by atoms with Gasteiger partial charge in [0.25, 0.3) is 0 Å². The van der Waals surface area contributed by atoms with E-state index < -0.39 is 0 Å². The first-order valence-electron chi connectivity index (χ1n) is 8.89. The molecular weight excluding hydrogens is 324 g/mol. The molecule has 3 heterocycles. The van der Waals surface area contributed by atoms with Crippen LogP contribution in [0.5, 0.6) is 0 Å². The highest BCUT2D eigenvalue weighted by molar-refractivity contribution is 7.07. The summed E-state index contributed by atoms with van der Waals surface area (Å²) >= 11 is 1.72. The molecule has 2 aliphatic heterocycles. The SMILES string of the molecule is CCOC(=O)C1CCN(C(=O)CN2CCC[C@@H]2c2ccsc2)CC1. The molecule has 1 aromatic heterocycles. The second-order valence-electron chi connectivity index (χ2n) is 6.59. The fourth-order valence-corrected chi connectivity index (χ4v) is 4.46. The highest BCUT2D eigenvalue weighted by Gasteiger charge is 2.32. The van der Waals surface area contributed by atoms with Gasteiger partial charge in [0, 0.05) is 19.1 Å². The molecule has 1 amide bonds. The Bertz CT molecular complexity index is 553. The maximum Gasteiger partial charge on any atom is 0.309 e. The minimum Gasteiger partial charge on any atom is -0.466 e. The third-order valence-electron chi connectivity index (χ3n) is 5.10. The average Bonchev–Trinajstić information content (AvgIpc) is 3.26. The van der Waals surface area contributed by atoms with Crippen LogP contribution in [0.1, 0.15) is 44.2 Å². The first-order valence-corrected chi connectivity index (χ1v) is 9.84. The summed E-state index contributed by atoms with van der Waals surface area (Å²) in [6, 6.07) is 2.56. The van der Waals surface area contributed by atoms with E-state index in [4.69, 9.17) is 4.74 Å². The molecule has 0 unspecified atom stereocenters. The smallest absolute Gasteiger partial charge is 0.309 e. The van der Waals surface area contributed by atoms with Crippen molar-refractivity contribution in [2.24, 2.45) is 5.92 Å². The number of esters is 1. The molecule has 0 bridgehead atoms. The van der Waals surface area contributed by atoms with Crippen LogP contribution in [-0.4, -0.2) is 54.5 Å². The van der Waals surface area contributed by atoms with Gasteiger partial charge in [-0.2, -0.15) is 11.3 Å². The summed E-state index contributed by atoms with van der Waals surface area (Å²) in [5.41, 5.74) is 1.34. The van der Waals surface area contributed by atoms with E-state index in [-0.39, 0.29) is 17.8 Å². The minimum absolute atomic E-state index is 0.0423. The third kappa shape index (κ3) is 3.98. The molecule has 2 aliphatic rings. The molecule has 0 aromatic carbocycles. The Balaban J connectivity index is 1.50. The van der Waals surface area contributed by atoms with Crippen molar-refractivity contribution in [1.82, 2.24) is 9.80 Å². The highest BCUT2D eigenvalue weighted by Crippen LogP contribution is 2.33.